The first-order chi connectivity index (χ1) is 7.89. The fourth-order valence-electron chi connectivity index (χ4n) is 1.31. The van der Waals surface area contributed by atoms with Crippen molar-refractivity contribution >= 4 is 11.4 Å². The number of nitrogens with one attached hydrogen (secondary N) is 1. The minimum absolute atomic E-state index is 0.0488. The second-order valence-electron chi connectivity index (χ2n) is 4.31. The van der Waals surface area contributed by atoms with E-state index in [4.69, 9.17) is 9.84 Å². The van der Waals surface area contributed by atoms with Gasteiger partial charge in [0, 0.05) is 12.1 Å². The molecule has 0 aromatic heterocycles. The highest BCUT2D eigenvalue weighted by Gasteiger charge is 2.22. The summed E-state index contributed by atoms with van der Waals surface area (Å²) in [6.45, 7) is 3.35. The first-order valence-corrected chi connectivity index (χ1v) is 5.11. The lowest BCUT2D eigenvalue weighted by Gasteiger charge is -2.24. The molecule has 1 aromatic carbocycles. The summed E-state index contributed by atoms with van der Waals surface area (Å²) >= 11 is 0. The van der Waals surface area contributed by atoms with Gasteiger partial charge in [-0.25, -0.2) is 0 Å². The topological polar surface area (TPSA) is 84.6 Å². The van der Waals surface area contributed by atoms with Crippen molar-refractivity contribution in [2.75, 3.05) is 19.0 Å². The predicted molar refractivity (Wildman–Crippen MR) is 64.4 cm³/mol. The van der Waals surface area contributed by atoms with E-state index >= 15 is 0 Å². The van der Waals surface area contributed by atoms with E-state index in [2.05, 4.69) is 5.32 Å². The molecule has 0 saturated heterocycles. The van der Waals surface area contributed by atoms with Gasteiger partial charge in [0.1, 0.15) is 11.4 Å². The van der Waals surface area contributed by atoms with E-state index in [1.807, 2.05) is 0 Å². The number of nitro benzene ring substituents is 1. The Kier molecular flexibility index (Phi) is 3.90. The number of anilines is 1. The van der Waals surface area contributed by atoms with E-state index < -0.39 is 10.5 Å². The molecule has 0 aliphatic rings. The van der Waals surface area contributed by atoms with Crippen molar-refractivity contribution in [1.29, 1.82) is 0 Å². The molecule has 6 nitrogen and oxygen atoms in total. The maximum Gasteiger partial charge on any atom is 0.292 e. The summed E-state index contributed by atoms with van der Waals surface area (Å²) in [5, 5.41) is 22.9. The zero-order chi connectivity index (χ0) is 13.1. The summed E-state index contributed by atoms with van der Waals surface area (Å²) in [5.41, 5.74) is -0.363. The number of benzene rings is 1. The smallest absolute Gasteiger partial charge is 0.292 e. The van der Waals surface area contributed by atoms with Gasteiger partial charge in [-0.1, -0.05) is 0 Å². The number of rotatable bonds is 5. The summed E-state index contributed by atoms with van der Waals surface area (Å²) in [7, 11) is 1.49. The van der Waals surface area contributed by atoms with Crippen molar-refractivity contribution in [2.24, 2.45) is 0 Å². The maximum absolute atomic E-state index is 10.9. The van der Waals surface area contributed by atoms with Crippen molar-refractivity contribution in [1.82, 2.24) is 0 Å². The van der Waals surface area contributed by atoms with Crippen molar-refractivity contribution < 1.29 is 14.8 Å². The summed E-state index contributed by atoms with van der Waals surface area (Å²) in [4.78, 5) is 10.4. The number of hydrogen-bond acceptors (Lipinski definition) is 5. The average Bonchev–Trinajstić information content (AvgIpc) is 2.28. The fourth-order valence-corrected chi connectivity index (χ4v) is 1.31. The first-order valence-electron chi connectivity index (χ1n) is 5.11. The molecule has 2 N–H and O–H groups in total. The molecule has 0 bridgehead atoms. The Morgan fingerprint density at radius 3 is 2.65 bits per heavy atom. The lowest BCUT2D eigenvalue weighted by atomic mass is 10.1. The Morgan fingerprint density at radius 1 is 1.53 bits per heavy atom. The Bertz CT molecular complexity index is 418. The number of aliphatic hydroxyl groups excluding tert-OH is 1. The normalized spacial score (nSPS) is 11.1. The van der Waals surface area contributed by atoms with E-state index in [1.54, 1.807) is 13.8 Å². The van der Waals surface area contributed by atoms with E-state index in [0.29, 0.717) is 11.4 Å². The van der Waals surface area contributed by atoms with Gasteiger partial charge in [0.05, 0.1) is 24.2 Å². The molecule has 0 radical (unpaired) electrons. The second-order valence-corrected chi connectivity index (χ2v) is 4.31. The van der Waals surface area contributed by atoms with Crippen LogP contribution in [0.4, 0.5) is 11.4 Å². The van der Waals surface area contributed by atoms with Gasteiger partial charge < -0.3 is 15.2 Å². The highest BCUT2D eigenvalue weighted by atomic mass is 16.6. The number of aliphatic hydroxyl groups is 1. The number of ether oxygens (including phenoxy) is 1. The lowest BCUT2D eigenvalue weighted by molar-refractivity contribution is -0.384. The maximum atomic E-state index is 10.9. The molecular formula is C11H16N2O4. The Balaban J connectivity index is 3.13. The van der Waals surface area contributed by atoms with Crippen LogP contribution >= 0.6 is 0 Å². The quantitative estimate of drug-likeness (QED) is 0.605. The van der Waals surface area contributed by atoms with Crippen LogP contribution in [0.2, 0.25) is 0 Å². The molecule has 0 atom stereocenters. The van der Waals surface area contributed by atoms with Gasteiger partial charge in [-0.3, -0.25) is 10.1 Å². The second kappa shape index (κ2) is 5.01. The molecule has 0 aliphatic carbocycles. The van der Waals surface area contributed by atoms with Crippen LogP contribution in [-0.2, 0) is 0 Å². The summed E-state index contributed by atoms with van der Waals surface area (Å²) in [6, 6.07) is 4.43. The van der Waals surface area contributed by atoms with E-state index in [-0.39, 0.29) is 12.3 Å². The van der Waals surface area contributed by atoms with E-state index in [9.17, 15) is 10.1 Å². The van der Waals surface area contributed by atoms with Gasteiger partial charge in [0.15, 0.2) is 0 Å². The minimum Gasteiger partial charge on any atom is -0.497 e. The van der Waals surface area contributed by atoms with Crippen molar-refractivity contribution in [3.63, 3.8) is 0 Å². The number of methoxy groups -OCH3 is 1. The van der Waals surface area contributed by atoms with Gasteiger partial charge in [0.25, 0.3) is 5.69 Å². The van der Waals surface area contributed by atoms with E-state index in [1.165, 1.54) is 25.3 Å². The van der Waals surface area contributed by atoms with Gasteiger partial charge >= 0.3 is 0 Å². The highest BCUT2D eigenvalue weighted by molar-refractivity contribution is 5.65. The molecule has 0 unspecified atom stereocenters. The molecule has 0 fully saturated rings. The standard InChI is InChI=1S/C11H16N2O4/c1-11(2,7-14)12-9-6-8(17-3)4-5-10(9)13(15)16/h4-6,12,14H,7H2,1-3H3. The molecule has 0 spiro atoms. The molecule has 1 aromatic rings. The summed E-state index contributed by atoms with van der Waals surface area (Å²) in [6.07, 6.45) is 0. The fraction of sp³-hybridized carbons (Fsp3) is 0.455. The third-order valence-corrected chi connectivity index (χ3v) is 2.27. The number of nitrogens with zero attached hydrogens (tertiary/aromatic N) is 1. The SMILES string of the molecule is COc1ccc([N+](=O)[O-])c(NC(C)(C)CO)c1. The van der Waals surface area contributed by atoms with Crippen molar-refractivity contribution in [2.45, 2.75) is 19.4 Å². The van der Waals surface area contributed by atoms with Gasteiger partial charge in [0.2, 0.25) is 0 Å². The zero-order valence-electron chi connectivity index (χ0n) is 10.1. The largest absolute Gasteiger partial charge is 0.497 e. The molecule has 0 amide bonds. The molecule has 1 rings (SSSR count). The van der Waals surface area contributed by atoms with Crippen LogP contribution in [0.25, 0.3) is 0 Å². The number of nitro groups is 1. The monoisotopic (exact) mass is 240 g/mol. The predicted octanol–water partition coefficient (Wildman–Crippen LogP) is 1.79. The van der Waals surface area contributed by atoms with Crippen molar-refractivity contribution in [3.8, 4) is 5.75 Å². The molecule has 17 heavy (non-hydrogen) atoms. The average molecular weight is 240 g/mol. The van der Waals surface area contributed by atoms with Crippen LogP contribution in [-0.4, -0.2) is 29.3 Å². The van der Waals surface area contributed by atoms with Crippen LogP contribution < -0.4 is 10.1 Å². The molecule has 94 valence electrons. The third-order valence-electron chi connectivity index (χ3n) is 2.27. The zero-order valence-corrected chi connectivity index (χ0v) is 10.1. The number of hydrogen-bond donors (Lipinski definition) is 2. The van der Waals surface area contributed by atoms with E-state index in [0.717, 1.165) is 0 Å². The van der Waals surface area contributed by atoms with Crippen LogP contribution in [0.1, 0.15) is 13.8 Å². The first kappa shape index (κ1) is 13.2. The van der Waals surface area contributed by atoms with Crippen LogP contribution in [0.15, 0.2) is 18.2 Å². The van der Waals surface area contributed by atoms with Crippen LogP contribution in [0, 0.1) is 10.1 Å². The molecule has 0 saturated carbocycles. The van der Waals surface area contributed by atoms with Crippen LogP contribution in [0.3, 0.4) is 0 Å². The summed E-state index contributed by atoms with van der Waals surface area (Å²) < 4.78 is 5.01. The van der Waals surface area contributed by atoms with Crippen molar-refractivity contribution in [3.05, 3.63) is 28.3 Å². The Morgan fingerprint density at radius 2 is 2.18 bits per heavy atom. The molecule has 0 aliphatic heterocycles. The molecule has 0 heterocycles. The Hall–Kier alpha value is -1.82. The van der Waals surface area contributed by atoms with Crippen LogP contribution in [0.5, 0.6) is 5.75 Å². The Labute approximate surface area is 99.4 Å². The highest BCUT2D eigenvalue weighted by Crippen LogP contribution is 2.30. The minimum atomic E-state index is -0.642. The lowest BCUT2D eigenvalue weighted by Crippen LogP contribution is -2.35. The van der Waals surface area contributed by atoms with Gasteiger partial charge in [-0.2, -0.15) is 0 Å². The van der Waals surface area contributed by atoms with Gasteiger partial charge in [-0.05, 0) is 19.9 Å². The third kappa shape index (κ3) is 3.32. The molecule has 6 heteroatoms. The van der Waals surface area contributed by atoms with Gasteiger partial charge in [-0.15, -0.1) is 0 Å². The summed E-state index contributed by atoms with van der Waals surface area (Å²) in [5.74, 6) is 0.520. The molecular weight excluding hydrogens is 224 g/mol.